The van der Waals surface area contributed by atoms with Gasteiger partial charge in [-0.1, -0.05) is 19.0 Å². The van der Waals surface area contributed by atoms with E-state index < -0.39 is 0 Å². The fourth-order valence-corrected chi connectivity index (χ4v) is 1.55. The van der Waals surface area contributed by atoms with Crippen molar-refractivity contribution in [3.63, 3.8) is 0 Å². The number of rotatable bonds is 7. The molecule has 1 aromatic heterocycles. The molecule has 2 N–H and O–H groups in total. The molecule has 0 saturated carbocycles. The Kier molecular flexibility index (Phi) is 5.80. The molecule has 0 bridgehead atoms. The fraction of sp³-hybridized carbons (Fsp3) is 0.667. The third kappa shape index (κ3) is 3.82. The number of aliphatic hydroxyl groups is 1. The number of aryl methyl sites for hydroxylation is 1. The maximum Gasteiger partial charge on any atom is 0.256 e. The molecule has 1 rings (SSSR count). The van der Waals surface area contributed by atoms with Gasteiger partial charge in [0, 0.05) is 12.5 Å². The predicted molar refractivity (Wildman–Crippen MR) is 65.6 cm³/mol. The van der Waals surface area contributed by atoms with E-state index in [9.17, 15) is 4.79 Å². The summed E-state index contributed by atoms with van der Waals surface area (Å²) >= 11 is 0. The zero-order valence-corrected chi connectivity index (χ0v) is 11.0. The Hall–Kier alpha value is -1.40. The number of nitrogens with one attached hydrogen (secondary N) is 1. The second-order valence-corrected chi connectivity index (χ2v) is 4.25. The lowest BCUT2D eigenvalue weighted by atomic mass is 10.0. The van der Waals surface area contributed by atoms with Gasteiger partial charge in [0.15, 0.2) is 5.76 Å². The third-order valence-electron chi connectivity index (χ3n) is 2.41. The lowest BCUT2D eigenvalue weighted by Crippen LogP contribution is -2.28. The van der Waals surface area contributed by atoms with Gasteiger partial charge >= 0.3 is 0 Å². The van der Waals surface area contributed by atoms with Crippen LogP contribution in [0.2, 0.25) is 0 Å². The van der Waals surface area contributed by atoms with E-state index in [2.05, 4.69) is 10.5 Å². The number of aliphatic hydroxyl groups excluding tert-OH is 1. The first-order valence-corrected chi connectivity index (χ1v) is 6.00. The average molecular weight is 256 g/mol. The van der Waals surface area contributed by atoms with Crippen molar-refractivity contribution in [2.24, 2.45) is 0 Å². The zero-order chi connectivity index (χ0) is 13.5. The van der Waals surface area contributed by atoms with Crippen molar-refractivity contribution in [2.75, 3.05) is 26.4 Å². The van der Waals surface area contributed by atoms with E-state index in [0.29, 0.717) is 30.2 Å². The fourth-order valence-electron chi connectivity index (χ4n) is 1.55. The number of amides is 1. The van der Waals surface area contributed by atoms with Gasteiger partial charge in [-0.25, -0.2) is 0 Å². The van der Waals surface area contributed by atoms with Crippen LogP contribution in [0, 0.1) is 6.92 Å². The second-order valence-electron chi connectivity index (χ2n) is 4.25. The van der Waals surface area contributed by atoms with Crippen molar-refractivity contribution < 1.29 is 19.2 Å². The lowest BCUT2D eigenvalue weighted by Gasteiger charge is -2.07. The summed E-state index contributed by atoms with van der Waals surface area (Å²) in [5.41, 5.74) is 1.10. The molecule has 0 aromatic carbocycles. The van der Waals surface area contributed by atoms with E-state index in [1.54, 1.807) is 6.92 Å². The van der Waals surface area contributed by atoms with Crippen LogP contribution in [0.5, 0.6) is 0 Å². The molecule has 0 unspecified atom stereocenters. The molecule has 102 valence electrons. The zero-order valence-electron chi connectivity index (χ0n) is 11.0. The molecular weight excluding hydrogens is 236 g/mol. The third-order valence-corrected chi connectivity index (χ3v) is 2.41. The Morgan fingerprint density at radius 3 is 2.83 bits per heavy atom. The minimum atomic E-state index is -0.204. The van der Waals surface area contributed by atoms with Gasteiger partial charge in [0.1, 0.15) is 5.56 Å². The second kappa shape index (κ2) is 7.13. The molecule has 0 fully saturated rings. The summed E-state index contributed by atoms with van der Waals surface area (Å²) in [6.07, 6.45) is 0. The van der Waals surface area contributed by atoms with Crippen molar-refractivity contribution in [1.82, 2.24) is 10.5 Å². The monoisotopic (exact) mass is 256 g/mol. The summed E-state index contributed by atoms with van der Waals surface area (Å²) in [6, 6.07) is 0. The minimum absolute atomic E-state index is 0.0177. The Morgan fingerprint density at radius 2 is 2.22 bits per heavy atom. The molecule has 0 radical (unpaired) electrons. The highest BCUT2D eigenvalue weighted by atomic mass is 16.5. The molecule has 1 heterocycles. The van der Waals surface area contributed by atoms with Gasteiger partial charge in [-0.3, -0.25) is 4.79 Å². The van der Waals surface area contributed by atoms with E-state index in [1.165, 1.54) is 0 Å². The maximum absolute atomic E-state index is 12.0. The Bertz CT molecular complexity index is 387. The van der Waals surface area contributed by atoms with Crippen LogP contribution >= 0.6 is 0 Å². The van der Waals surface area contributed by atoms with Crippen LogP contribution in [0.15, 0.2) is 4.52 Å². The van der Waals surface area contributed by atoms with Gasteiger partial charge in [-0.2, -0.15) is 0 Å². The topological polar surface area (TPSA) is 84.6 Å². The smallest absolute Gasteiger partial charge is 0.256 e. The van der Waals surface area contributed by atoms with Gasteiger partial charge in [0.05, 0.1) is 25.5 Å². The van der Waals surface area contributed by atoms with Crippen molar-refractivity contribution in [1.29, 1.82) is 0 Å². The molecular formula is C12H20N2O4. The molecule has 0 aliphatic carbocycles. The number of ether oxygens (including phenoxy) is 1. The number of hydrogen-bond donors (Lipinski definition) is 2. The Balaban J connectivity index is 2.53. The van der Waals surface area contributed by atoms with Crippen LogP contribution in [0.25, 0.3) is 0 Å². The van der Waals surface area contributed by atoms with Crippen molar-refractivity contribution in [3.05, 3.63) is 17.0 Å². The normalized spacial score (nSPS) is 10.9. The van der Waals surface area contributed by atoms with Crippen LogP contribution in [0.1, 0.15) is 41.6 Å². The number of hydrogen-bond acceptors (Lipinski definition) is 5. The first kappa shape index (κ1) is 14.7. The molecule has 18 heavy (non-hydrogen) atoms. The van der Waals surface area contributed by atoms with Crippen molar-refractivity contribution in [2.45, 2.75) is 26.7 Å². The molecule has 0 aliphatic rings. The van der Waals surface area contributed by atoms with Gasteiger partial charge < -0.3 is 19.7 Å². The van der Waals surface area contributed by atoms with Crippen molar-refractivity contribution in [3.8, 4) is 0 Å². The van der Waals surface area contributed by atoms with Gasteiger partial charge in [0.2, 0.25) is 0 Å². The highest BCUT2D eigenvalue weighted by Gasteiger charge is 2.21. The quantitative estimate of drug-likeness (QED) is 0.706. The first-order chi connectivity index (χ1) is 8.57. The summed E-state index contributed by atoms with van der Waals surface area (Å²) in [5.74, 6) is 0.504. The van der Waals surface area contributed by atoms with Gasteiger partial charge in [-0.05, 0) is 6.92 Å². The molecule has 0 saturated heterocycles. The molecule has 1 aromatic rings. The molecule has 0 atom stereocenters. The molecule has 6 nitrogen and oxygen atoms in total. The van der Waals surface area contributed by atoms with E-state index in [4.69, 9.17) is 14.4 Å². The van der Waals surface area contributed by atoms with Gasteiger partial charge in [0.25, 0.3) is 5.91 Å². The Morgan fingerprint density at radius 1 is 1.50 bits per heavy atom. The first-order valence-electron chi connectivity index (χ1n) is 6.00. The predicted octanol–water partition coefficient (Wildman–Crippen LogP) is 0.845. The Labute approximate surface area is 106 Å². The SMILES string of the molecule is Cc1noc(C(C)C)c1C(=O)NCCOCCO. The lowest BCUT2D eigenvalue weighted by molar-refractivity contribution is 0.0836. The van der Waals surface area contributed by atoms with Crippen LogP contribution in [0.4, 0.5) is 0 Å². The molecule has 0 aliphatic heterocycles. The summed E-state index contributed by atoms with van der Waals surface area (Å²) in [7, 11) is 0. The number of carbonyl (C=O) groups excluding carboxylic acids is 1. The van der Waals surface area contributed by atoms with E-state index >= 15 is 0 Å². The summed E-state index contributed by atoms with van der Waals surface area (Å²) in [4.78, 5) is 12.0. The van der Waals surface area contributed by atoms with E-state index in [-0.39, 0.29) is 25.0 Å². The highest BCUT2D eigenvalue weighted by Crippen LogP contribution is 2.21. The number of carbonyl (C=O) groups is 1. The highest BCUT2D eigenvalue weighted by molar-refractivity contribution is 5.96. The van der Waals surface area contributed by atoms with Crippen LogP contribution in [-0.2, 0) is 4.74 Å². The average Bonchev–Trinajstić information content (AvgIpc) is 2.71. The summed E-state index contributed by atoms with van der Waals surface area (Å²) < 4.78 is 10.2. The molecule has 0 spiro atoms. The van der Waals surface area contributed by atoms with Crippen LogP contribution in [0.3, 0.4) is 0 Å². The largest absolute Gasteiger partial charge is 0.394 e. The van der Waals surface area contributed by atoms with Crippen LogP contribution < -0.4 is 5.32 Å². The van der Waals surface area contributed by atoms with E-state index in [1.807, 2.05) is 13.8 Å². The number of nitrogens with zero attached hydrogens (tertiary/aromatic N) is 1. The standard InChI is InChI=1S/C12H20N2O4/c1-8(2)11-10(9(3)14-18-11)12(16)13-4-6-17-7-5-15/h8,15H,4-7H2,1-3H3,(H,13,16). The number of aromatic nitrogens is 1. The molecule has 1 amide bonds. The summed E-state index contributed by atoms with van der Waals surface area (Å²) in [6.45, 7) is 6.65. The minimum Gasteiger partial charge on any atom is -0.394 e. The summed E-state index contributed by atoms with van der Waals surface area (Å²) in [5, 5.41) is 15.1. The van der Waals surface area contributed by atoms with Crippen molar-refractivity contribution >= 4 is 5.91 Å². The van der Waals surface area contributed by atoms with Crippen LogP contribution in [-0.4, -0.2) is 42.5 Å². The molecule has 6 heteroatoms. The maximum atomic E-state index is 12.0. The van der Waals surface area contributed by atoms with Gasteiger partial charge in [-0.15, -0.1) is 0 Å². The van der Waals surface area contributed by atoms with E-state index in [0.717, 1.165) is 0 Å².